The Hall–Kier alpha value is -3.26. The number of anilines is 4. The molecule has 7 nitrogen and oxygen atoms in total. The van der Waals surface area contributed by atoms with Crippen molar-refractivity contribution in [1.29, 1.82) is 0 Å². The monoisotopic (exact) mass is 407 g/mol. The third kappa shape index (κ3) is 4.65. The molecule has 1 fully saturated rings. The SMILES string of the molecule is CCNc1ccc(-c2ccnc(Nc3ccc(N4CCN(C)CC4)c(F)c3)n2)cn1. The molecule has 0 spiro atoms. The van der Waals surface area contributed by atoms with Crippen molar-refractivity contribution in [3.05, 3.63) is 54.6 Å². The van der Waals surface area contributed by atoms with Crippen LogP contribution >= 0.6 is 0 Å². The van der Waals surface area contributed by atoms with Crippen molar-refractivity contribution in [2.75, 3.05) is 55.3 Å². The third-order valence-corrected chi connectivity index (χ3v) is 5.12. The Labute approximate surface area is 176 Å². The highest BCUT2D eigenvalue weighted by atomic mass is 19.1. The van der Waals surface area contributed by atoms with Gasteiger partial charge in [-0.05, 0) is 50.4 Å². The molecule has 2 aromatic heterocycles. The second-order valence-corrected chi connectivity index (χ2v) is 7.31. The molecule has 0 saturated carbocycles. The Bertz CT molecular complexity index is 985. The largest absolute Gasteiger partial charge is 0.370 e. The maximum atomic E-state index is 14.7. The molecule has 3 heterocycles. The lowest BCUT2D eigenvalue weighted by molar-refractivity contribution is 0.311. The average Bonchev–Trinajstić information content (AvgIpc) is 2.76. The minimum Gasteiger partial charge on any atom is -0.370 e. The number of nitrogens with one attached hydrogen (secondary N) is 2. The van der Waals surface area contributed by atoms with Gasteiger partial charge in [0.2, 0.25) is 5.95 Å². The number of piperazine rings is 1. The summed E-state index contributed by atoms with van der Waals surface area (Å²) in [4.78, 5) is 17.5. The first kappa shape index (κ1) is 20.0. The summed E-state index contributed by atoms with van der Waals surface area (Å²) in [5.74, 6) is 0.989. The predicted molar refractivity (Wildman–Crippen MR) is 119 cm³/mol. The Morgan fingerprint density at radius 1 is 1.03 bits per heavy atom. The van der Waals surface area contributed by atoms with Crippen LogP contribution in [0.25, 0.3) is 11.3 Å². The lowest BCUT2D eigenvalue weighted by atomic mass is 10.2. The van der Waals surface area contributed by atoms with E-state index in [2.05, 4.69) is 42.4 Å². The van der Waals surface area contributed by atoms with Crippen LogP contribution in [0.1, 0.15) is 6.92 Å². The Balaban J connectivity index is 1.48. The van der Waals surface area contributed by atoms with Gasteiger partial charge in [0.25, 0.3) is 0 Å². The van der Waals surface area contributed by atoms with Crippen LogP contribution in [0.5, 0.6) is 0 Å². The molecule has 2 N–H and O–H groups in total. The van der Waals surface area contributed by atoms with Gasteiger partial charge >= 0.3 is 0 Å². The van der Waals surface area contributed by atoms with Crippen LogP contribution in [-0.4, -0.2) is 59.6 Å². The van der Waals surface area contributed by atoms with Crippen LogP contribution in [0.15, 0.2) is 48.8 Å². The zero-order chi connectivity index (χ0) is 20.9. The van der Waals surface area contributed by atoms with Gasteiger partial charge in [-0.2, -0.15) is 0 Å². The van der Waals surface area contributed by atoms with E-state index in [0.717, 1.165) is 49.8 Å². The van der Waals surface area contributed by atoms with Gasteiger partial charge in [-0.1, -0.05) is 0 Å². The van der Waals surface area contributed by atoms with Gasteiger partial charge in [-0.15, -0.1) is 0 Å². The van der Waals surface area contributed by atoms with Crippen molar-refractivity contribution in [3.63, 3.8) is 0 Å². The van der Waals surface area contributed by atoms with Crippen LogP contribution in [0, 0.1) is 5.82 Å². The van der Waals surface area contributed by atoms with Gasteiger partial charge < -0.3 is 20.4 Å². The molecule has 8 heteroatoms. The van der Waals surface area contributed by atoms with Gasteiger partial charge in [0.05, 0.1) is 11.4 Å². The fourth-order valence-electron chi connectivity index (χ4n) is 3.43. The summed E-state index contributed by atoms with van der Waals surface area (Å²) in [6.07, 6.45) is 3.45. The zero-order valence-corrected chi connectivity index (χ0v) is 17.3. The first-order valence-corrected chi connectivity index (χ1v) is 10.2. The van der Waals surface area contributed by atoms with Crippen LogP contribution in [-0.2, 0) is 0 Å². The lowest BCUT2D eigenvalue weighted by Crippen LogP contribution is -2.44. The molecule has 1 aromatic carbocycles. The minimum absolute atomic E-state index is 0.246. The minimum atomic E-state index is -0.246. The number of hydrogen-bond donors (Lipinski definition) is 2. The third-order valence-electron chi connectivity index (χ3n) is 5.12. The number of benzene rings is 1. The highest BCUT2D eigenvalue weighted by molar-refractivity contribution is 5.64. The summed E-state index contributed by atoms with van der Waals surface area (Å²) in [6.45, 7) is 6.36. The van der Waals surface area contributed by atoms with E-state index in [4.69, 9.17) is 0 Å². The summed E-state index contributed by atoms with van der Waals surface area (Å²) in [5, 5.41) is 6.27. The molecule has 0 atom stereocenters. The standard InChI is InChI=1S/C22H26FN7/c1-3-24-21-7-4-16(15-26-21)19-8-9-25-22(28-19)27-17-5-6-20(18(23)14-17)30-12-10-29(2)11-13-30/h4-9,14-15H,3,10-13H2,1-2H3,(H,24,26)(H,25,27,28). The Morgan fingerprint density at radius 3 is 2.57 bits per heavy atom. The molecule has 0 amide bonds. The molecule has 1 saturated heterocycles. The first-order chi connectivity index (χ1) is 14.6. The highest BCUT2D eigenvalue weighted by Crippen LogP contribution is 2.26. The molecule has 0 bridgehead atoms. The van der Waals surface area contributed by atoms with E-state index in [1.807, 2.05) is 37.3 Å². The summed E-state index contributed by atoms with van der Waals surface area (Å²) in [6, 6.07) is 10.9. The molecule has 0 aliphatic carbocycles. The van der Waals surface area contributed by atoms with Gasteiger partial charge in [-0.25, -0.2) is 19.3 Å². The van der Waals surface area contributed by atoms with E-state index >= 15 is 0 Å². The molecular weight excluding hydrogens is 381 g/mol. The second-order valence-electron chi connectivity index (χ2n) is 7.31. The number of aromatic nitrogens is 3. The quantitative estimate of drug-likeness (QED) is 0.647. The average molecular weight is 407 g/mol. The van der Waals surface area contributed by atoms with Crippen molar-refractivity contribution in [2.24, 2.45) is 0 Å². The fourth-order valence-corrected chi connectivity index (χ4v) is 3.43. The molecular formula is C22H26FN7. The van der Waals surface area contributed by atoms with Gasteiger partial charge in [0.15, 0.2) is 0 Å². The molecule has 3 aromatic rings. The van der Waals surface area contributed by atoms with Crippen LogP contribution in [0.4, 0.5) is 27.5 Å². The Kier molecular flexibility index (Phi) is 6.04. The van der Waals surface area contributed by atoms with Crippen molar-refractivity contribution in [2.45, 2.75) is 6.92 Å². The molecule has 4 rings (SSSR count). The van der Waals surface area contributed by atoms with Gasteiger partial charge in [-0.3, -0.25) is 0 Å². The van der Waals surface area contributed by atoms with E-state index in [-0.39, 0.29) is 5.82 Å². The summed E-state index contributed by atoms with van der Waals surface area (Å²) >= 11 is 0. The molecule has 156 valence electrons. The fraction of sp³-hybridized carbons (Fsp3) is 0.318. The van der Waals surface area contributed by atoms with Crippen LogP contribution in [0.2, 0.25) is 0 Å². The van der Waals surface area contributed by atoms with E-state index in [1.54, 1.807) is 12.4 Å². The second kappa shape index (κ2) is 9.04. The smallest absolute Gasteiger partial charge is 0.227 e. The highest BCUT2D eigenvalue weighted by Gasteiger charge is 2.17. The lowest BCUT2D eigenvalue weighted by Gasteiger charge is -2.34. The van der Waals surface area contributed by atoms with Crippen LogP contribution < -0.4 is 15.5 Å². The normalized spacial score (nSPS) is 14.6. The van der Waals surface area contributed by atoms with Crippen molar-refractivity contribution >= 4 is 23.1 Å². The van der Waals surface area contributed by atoms with E-state index in [1.165, 1.54) is 6.07 Å². The Morgan fingerprint density at radius 2 is 1.87 bits per heavy atom. The maximum Gasteiger partial charge on any atom is 0.227 e. The van der Waals surface area contributed by atoms with E-state index in [9.17, 15) is 4.39 Å². The molecule has 30 heavy (non-hydrogen) atoms. The number of hydrogen-bond acceptors (Lipinski definition) is 7. The van der Waals surface area contributed by atoms with Gasteiger partial charge in [0, 0.05) is 56.4 Å². The summed E-state index contributed by atoms with van der Waals surface area (Å²) < 4.78 is 14.7. The van der Waals surface area contributed by atoms with Crippen molar-refractivity contribution < 1.29 is 4.39 Å². The molecule has 0 unspecified atom stereocenters. The molecule has 1 aliphatic heterocycles. The summed E-state index contributed by atoms with van der Waals surface area (Å²) in [5.41, 5.74) is 2.88. The zero-order valence-electron chi connectivity index (χ0n) is 17.3. The topological polar surface area (TPSA) is 69.2 Å². The van der Waals surface area contributed by atoms with Crippen molar-refractivity contribution in [3.8, 4) is 11.3 Å². The van der Waals surface area contributed by atoms with Gasteiger partial charge in [0.1, 0.15) is 11.6 Å². The first-order valence-electron chi connectivity index (χ1n) is 10.2. The van der Waals surface area contributed by atoms with Crippen molar-refractivity contribution in [1.82, 2.24) is 19.9 Å². The summed E-state index contributed by atoms with van der Waals surface area (Å²) in [7, 11) is 2.08. The predicted octanol–water partition coefficient (Wildman–Crippen LogP) is 3.60. The number of likely N-dealkylation sites (N-methyl/N-ethyl adjacent to an activating group) is 1. The molecule has 0 radical (unpaired) electrons. The van der Waals surface area contributed by atoms with E-state index < -0.39 is 0 Å². The van der Waals surface area contributed by atoms with Crippen LogP contribution in [0.3, 0.4) is 0 Å². The molecule has 1 aliphatic rings. The number of nitrogens with zero attached hydrogens (tertiary/aromatic N) is 5. The van der Waals surface area contributed by atoms with E-state index in [0.29, 0.717) is 17.3 Å². The number of halogens is 1. The number of pyridine rings is 1. The number of rotatable bonds is 6. The maximum absolute atomic E-state index is 14.7.